The minimum Gasteiger partial charge on any atom is -0.478 e. The number of pyridine rings is 1. The van der Waals surface area contributed by atoms with Crippen LogP contribution in [0.1, 0.15) is 32.1 Å². The molecule has 2 rings (SSSR count). The summed E-state index contributed by atoms with van der Waals surface area (Å²) in [5.41, 5.74) is 1.06. The predicted octanol–water partition coefficient (Wildman–Crippen LogP) is 4.16. The Balaban J connectivity index is 3.01. The number of hydrogen-bond acceptors (Lipinski definition) is 4. The van der Waals surface area contributed by atoms with Gasteiger partial charge in [-0.15, -0.1) is 0 Å². The van der Waals surface area contributed by atoms with Crippen molar-refractivity contribution in [3.63, 3.8) is 0 Å². The fraction of sp³-hybridized carbons (Fsp3) is 0.188. The highest BCUT2D eigenvalue weighted by atomic mass is 35.5. The standard InChI is InChI=1S/C16H13Cl2NO4/c1-7-11(15(20)21)13(9-5-4-6-10(17)14(9)18)12(8(2)19-7)16(22)23-3/h4-6H,1-3H3,(H,20,21). The number of aromatic nitrogens is 1. The molecule has 0 amide bonds. The Morgan fingerprint density at radius 3 is 2.30 bits per heavy atom. The number of halogens is 2. The summed E-state index contributed by atoms with van der Waals surface area (Å²) in [7, 11) is 1.21. The SMILES string of the molecule is COC(=O)c1c(C)nc(C)c(C(=O)O)c1-c1cccc(Cl)c1Cl. The molecule has 5 nitrogen and oxygen atoms in total. The fourth-order valence-electron chi connectivity index (χ4n) is 2.43. The molecule has 120 valence electrons. The average molecular weight is 354 g/mol. The maximum Gasteiger partial charge on any atom is 0.340 e. The van der Waals surface area contributed by atoms with Crippen LogP contribution < -0.4 is 0 Å². The van der Waals surface area contributed by atoms with Crippen LogP contribution in [0, 0.1) is 13.8 Å². The van der Waals surface area contributed by atoms with Crippen LogP contribution in [0.25, 0.3) is 11.1 Å². The quantitative estimate of drug-likeness (QED) is 0.838. The van der Waals surface area contributed by atoms with Crippen molar-refractivity contribution < 1.29 is 19.4 Å². The van der Waals surface area contributed by atoms with Crippen molar-refractivity contribution in [2.24, 2.45) is 0 Å². The highest BCUT2D eigenvalue weighted by molar-refractivity contribution is 6.44. The van der Waals surface area contributed by atoms with Crippen LogP contribution in [0.4, 0.5) is 0 Å². The second-order valence-electron chi connectivity index (χ2n) is 4.81. The van der Waals surface area contributed by atoms with Gasteiger partial charge >= 0.3 is 11.9 Å². The van der Waals surface area contributed by atoms with Gasteiger partial charge in [-0.25, -0.2) is 9.59 Å². The van der Waals surface area contributed by atoms with E-state index in [1.165, 1.54) is 7.11 Å². The van der Waals surface area contributed by atoms with E-state index in [4.69, 9.17) is 27.9 Å². The van der Waals surface area contributed by atoms with Gasteiger partial charge in [0.15, 0.2) is 0 Å². The summed E-state index contributed by atoms with van der Waals surface area (Å²) in [5.74, 6) is -1.91. The van der Waals surface area contributed by atoms with E-state index in [0.29, 0.717) is 11.3 Å². The molecule has 1 aromatic heterocycles. The average Bonchev–Trinajstić information content (AvgIpc) is 2.48. The van der Waals surface area contributed by atoms with Gasteiger partial charge < -0.3 is 9.84 Å². The highest BCUT2D eigenvalue weighted by Crippen LogP contribution is 2.39. The van der Waals surface area contributed by atoms with Crippen molar-refractivity contribution in [2.45, 2.75) is 13.8 Å². The first kappa shape index (κ1) is 17.2. The van der Waals surface area contributed by atoms with Gasteiger partial charge in [-0.3, -0.25) is 4.98 Å². The molecule has 0 fully saturated rings. The minimum atomic E-state index is -1.22. The smallest absolute Gasteiger partial charge is 0.340 e. The maximum atomic E-state index is 12.2. The number of aromatic carboxylic acids is 1. The molecular formula is C16H13Cl2NO4. The Morgan fingerprint density at radius 1 is 1.13 bits per heavy atom. The Bertz CT molecular complexity index is 818. The van der Waals surface area contributed by atoms with E-state index in [1.807, 2.05) is 0 Å². The van der Waals surface area contributed by atoms with Gasteiger partial charge in [0.1, 0.15) is 0 Å². The Morgan fingerprint density at radius 2 is 1.74 bits per heavy atom. The molecular weight excluding hydrogens is 341 g/mol. The molecule has 0 aliphatic heterocycles. The number of methoxy groups -OCH3 is 1. The second kappa shape index (κ2) is 6.56. The number of nitrogens with zero attached hydrogens (tertiary/aromatic N) is 1. The lowest BCUT2D eigenvalue weighted by atomic mass is 9.92. The van der Waals surface area contributed by atoms with E-state index < -0.39 is 11.9 Å². The van der Waals surface area contributed by atoms with E-state index in [-0.39, 0.29) is 32.4 Å². The van der Waals surface area contributed by atoms with Crippen LogP contribution in [0.5, 0.6) is 0 Å². The van der Waals surface area contributed by atoms with E-state index in [1.54, 1.807) is 32.0 Å². The Hall–Kier alpha value is -2.11. The monoisotopic (exact) mass is 353 g/mol. The lowest BCUT2D eigenvalue weighted by Crippen LogP contribution is -2.15. The molecule has 0 spiro atoms. The number of rotatable bonds is 3. The summed E-state index contributed by atoms with van der Waals surface area (Å²) in [6, 6.07) is 4.80. The lowest BCUT2D eigenvalue weighted by molar-refractivity contribution is 0.0600. The Labute approximate surface area is 142 Å². The third kappa shape index (κ3) is 3.02. The number of ether oxygens (including phenoxy) is 1. The summed E-state index contributed by atoms with van der Waals surface area (Å²) in [4.78, 5) is 28.0. The molecule has 23 heavy (non-hydrogen) atoms. The highest BCUT2D eigenvalue weighted by Gasteiger charge is 2.28. The van der Waals surface area contributed by atoms with Crippen molar-refractivity contribution in [3.8, 4) is 11.1 Å². The van der Waals surface area contributed by atoms with Gasteiger partial charge in [0.2, 0.25) is 0 Å². The van der Waals surface area contributed by atoms with Gasteiger partial charge in [-0.05, 0) is 19.9 Å². The maximum absolute atomic E-state index is 12.2. The largest absolute Gasteiger partial charge is 0.478 e. The van der Waals surface area contributed by atoms with Crippen molar-refractivity contribution >= 4 is 35.1 Å². The molecule has 0 radical (unpaired) electrons. The first-order valence-corrected chi connectivity index (χ1v) is 7.32. The van der Waals surface area contributed by atoms with Gasteiger partial charge in [0.05, 0.1) is 39.7 Å². The zero-order chi connectivity index (χ0) is 17.3. The van der Waals surface area contributed by atoms with Crippen molar-refractivity contribution in [2.75, 3.05) is 7.11 Å². The summed E-state index contributed by atoms with van der Waals surface area (Å²) >= 11 is 12.3. The van der Waals surface area contributed by atoms with Crippen LogP contribution in [-0.2, 0) is 4.74 Å². The Kier molecular flexibility index (Phi) is 4.92. The van der Waals surface area contributed by atoms with E-state index in [0.717, 1.165) is 0 Å². The molecule has 0 atom stereocenters. The summed E-state index contributed by atoms with van der Waals surface area (Å²) in [6.45, 7) is 3.16. The van der Waals surface area contributed by atoms with Crippen LogP contribution in [0.2, 0.25) is 10.0 Å². The number of benzene rings is 1. The summed E-state index contributed by atoms with van der Waals surface area (Å²) in [5, 5.41) is 9.98. The van der Waals surface area contributed by atoms with Gasteiger partial charge in [-0.2, -0.15) is 0 Å². The molecule has 1 aromatic carbocycles. The minimum absolute atomic E-state index is 0.0552. The number of carbonyl (C=O) groups is 2. The van der Waals surface area contributed by atoms with E-state index in [2.05, 4.69) is 4.98 Å². The zero-order valence-electron chi connectivity index (χ0n) is 12.6. The van der Waals surface area contributed by atoms with Crippen LogP contribution >= 0.6 is 23.2 Å². The fourth-order valence-corrected chi connectivity index (χ4v) is 2.82. The molecule has 0 bridgehead atoms. The topological polar surface area (TPSA) is 76.5 Å². The molecule has 1 N–H and O–H groups in total. The van der Waals surface area contributed by atoms with Crippen LogP contribution in [0.3, 0.4) is 0 Å². The summed E-state index contributed by atoms with van der Waals surface area (Å²) in [6.07, 6.45) is 0. The van der Waals surface area contributed by atoms with Crippen molar-refractivity contribution in [3.05, 3.63) is 50.8 Å². The van der Waals surface area contributed by atoms with Crippen molar-refractivity contribution in [1.82, 2.24) is 4.98 Å². The number of carbonyl (C=O) groups excluding carboxylic acids is 1. The van der Waals surface area contributed by atoms with Crippen LogP contribution in [0.15, 0.2) is 18.2 Å². The van der Waals surface area contributed by atoms with Gasteiger partial charge in [0.25, 0.3) is 0 Å². The third-order valence-electron chi connectivity index (χ3n) is 3.38. The van der Waals surface area contributed by atoms with E-state index in [9.17, 15) is 14.7 Å². The third-order valence-corrected chi connectivity index (χ3v) is 4.20. The van der Waals surface area contributed by atoms with Crippen LogP contribution in [-0.4, -0.2) is 29.1 Å². The molecule has 2 aromatic rings. The first-order chi connectivity index (χ1) is 10.8. The number of carboxylic acids is 1. The first-order valence-electron chi connectivity index (χ1n) is 6.56. The molecule has 7 heteroatoms. The molecule has 0 saturated carbocycles. The molecule has 0 saturated heterocycles. The normalized spacial score (nSPS) is 10.5. The zero-order valence-corrected chi connectivity index (χ0v) is 14.1. The number of carboxylic acid groups (broad SMARTS) is 1. The molecule has 0 unspecified atom stereocenters. The van der Waals surface area contributed by atoms with Gasteiger partial charge in [-0.1, -0.05) is 35.3 Å². The molecule has 1 heterocycles. The van der Waals surface area contributed by atoms with Gasteiger partial charge in [0, 0.05) is 11.1 Å². The van der Waals surface area contributed by atoms with E-state index >= 15 is 0 Å². The molecule has 0 aliphatic rings. The van der Waals surface area contributed by atoms with Crippen molar-refractivity contribution in [1.29, 1.82) is 0 Å². The number of hydrogen-bond donors (Lipinski definition) is 1. The summed E-state index contributed by atoms with van der Waals surface area (Å²) < 4.78 is 4.78. The number of esters is 1. The number of aryl methyl sites for hydroxylation is 2. The molecule has 0 aliphatic carbocycles. The lowest BCUT2D eigenvalue weighted by Gasteiger charge is -2.17. The second-order valence-corrected chi connectivity index (χ2v) is 5.59. The predicted molar refractivity (Wildman–Crippen MR) is 87.5 cm³/mol.